The van der Waals surface area contributed by atoms with Crippen molar-refractivity contribution in [1.82, 2.24) is 0 Å². The number of rotatable bonds is 7. The third kappa shape index (κ3) is 4.94. The van der Waals surface area contributed by atoms with Crippen molar-refractivity contribution in [2.45, 2.75) is 19.3 Å². The van der Waals surface area contributed by atoms with E-state index in [9.17, 15) is 9.59 Å². The molecule has 3 rings (SSSR count). The number of hydrogen-bond donors (Lipinski definition) is 2. The molecule has 0 bridgehead atoms. The molecule has 7 nitrogen and oxygen atoms in total. The van der Waals surface area contributed by atoms with Crippen molar-refractivity contribution in [3.8, 4) is 11.5 Å². The molecular formula is C21H25N3O4. The Bertz CT molecular complexity index is 830. The molecule has 0 aliphatic carbocycles. The molecule has 0 saturated carbocycles. The van der Waals surface area contributed by atoms with Gasteiger partial charge in [0.25, 0.3) is 0 Å². The summed E-state index contributed by atoms with van der Waals surface area (Å²) >= 11 is 0. The Hall–Kier alpha value is -3.22. The Morgan fingerprint density at radius 3 is 2.04 bits per heavy atom. The molecule has 2 N–H and O–H groups in total. The lowest BCUT2D eigenvalue weighted by Crippen LogP contribution is -2.21. The lowest BCUT2D eigenvalue weighted by atomic mass is 10.2. The van der Waals surface area contributed by atoms with Gasteiger partial charge in [0.05, 0.1) is 14.2 Å². The largest absolute Gasteiger partial charge is 0.493 e. The second-order valence-corrected chi connectivity index (χ2v) is 6.58. The number of amides is 2. The van der Waals surface area contributed by atoms with Gasteiger partial charge in [0.1, 0.15) is 6.42 Å². The lowest BCUT2D eigenvalue weighted by Gasteiger charge is -2.17. The molecule has 1 fully saturated rings. The van der Waals surface area contributed by atoms with Crippen LogP contribution < -0.4 is 25.0 Å². The summed E-state index contributed by atoms with van der Waals surface area (Å²) in [5.41, 5.74) is 2.36. The predicted octanol–water partition coefficient (Wildman–Crippen LogP) is 3.27. The van der Waals surface area contributed by atoms with Gasteiger partial charge < -0.3 is 25.0 Å². The van der Waals surface area contributed by atoms with Gasteiger partial charge in [-0.3, -0.25) is 9.59 Å². The molecule has 0 aromatic heterocycles. The monoisotopic (exact) mass is 383 g/mol. The molecule has 0 unspecified atom stereocenters. The maximum Gasteiger partial charge on any atom is 0.233 e. The van der Waals surface area contributed by atoms with E-state index in [0.29, 0.717) is 22.9 Å². The van der Waals surface area contributed by atoms with Gasteiger partial charge in [-0.05, 0) is 49.2 Å². The first kappa shape index (κ1) is 19.5. The standard InChI is InChI=1S/C21H25N3O4/c1-27-18-10-7-16(13-19(18)28-2)23-21(26)14-20(25)22-15-5-8-17(9-6-15)24-11-3-4-12-24/h5-10,13H,3-4,11-12,14H2,1-2H3,(H,22,25)(H,23,26). The molecule has 1 aliphatic heterocycles. The molecular weight excluding hydrogens is 358 g/mol. The fourth-order valence-corrected chi connectivity index (χ4v) is 3.20. The van der Waals surface area contributed by atoms with Crippen LogP contribution in [0.5, 0.6) is 11.5 Å². The summed E-state index contributed by atoms with van der Waals surface area (Å²) in [5.74, 6) is 0.295. The summed E-state index contributed by atoms with van der Waals surface area (Å²) in [6.07, 6.45) is 2.16. The molecule has 0 spiro atoms. The molecule has 0 radical (unpaired) electrons. The van der Waals surface area contributed by atoms with Crippen molar-refractivity contribution in [3.63, 3.8) is 0 Å². The molecule has 0 atom stereocenters. The fraction of sp³-hybridized carbons (Fsp3) is 0.333. The normalized spacial score (nSPS) is 13.1. The van der Waals surface area contributed by atoms with Crippen molar-refractivity contribution in [2.75, 3.05) is 42.8 Å². The zero-order valence-electron chi connectivity index (χ0n) is 16.2. The van der Waals surface area contributed by atoms with Crippen molar-refractivity contribution < 1.29 is 19.1 Å². The van der Waals surface area contributed by atoms with Crippen LogP contribution in [0.4, 0.5) is 17.1 Å². The smallest absolute Gasteiger partial charge is 0.233 e. The summed E-state index contributed by atoms with van der Waals surface area (Å²) in [5, 5.41) is 5.44. The van der Waals surface area contributed by atoms with E-state index in [1.165, 1.54) is 27.1 Å². The van der Waals surface area contributed by atoms with Gasteiger partial charge in [-0.1, -0.05) is 0 Å². The van der Waals surface area contributed by atoms with Crippen LogP contribution in [-0.2, 0) is 9.59 Å². The number of carbonyl (C=O) groups is 2. The van der Waals surface area contributed by atoms with E-state index < -0.39 is 5.91 Å². The Morgan fingerprint density at radius 2 is 1.43 bits per heavy atom. The van der Waals surface area contributed by atoms with Crippen LogP contribution >= 0.6 is 0 Å². The molecule has 1 aliphatic rings. The summed E-state index contributed by atoms with van der Waals surface area (Å²) in [7, 11) is 3.06. The van der Waals surface area contributed by atoms with E-state index in [1.54, 1.807) is 18.2 Å². The number of hydrogen-bond acceptors (Lipinski definition) is 5. The number of nitrogens with zero attached hydrogens (tertiary/aromatic N) is 1. The summed E-state index contributed by atoms with van der Waals surface area (Å²) in [6.45, 7) is 2.14. The SMILES string of the molecule is COc1ccc(NC(=O)CC(=O)Nc2ccc(N3CCCC3)cc2)cc1OC. The third-order valence-corrected chi connectivity index (χ3v) is 4.61. The highest BCUT2D eigenvalue weighted by atomic mass is 16.5. The minimum absolute atomic E-state index is 0.276. The molecule has 28 heavy (non-hydrogen) atoms. The van der Waals surface area contributed by atoms with E-state index in [4.69, 9.17) is 9.47 Å². The molecule has 1 heterocycles. The Kier molecular flexibility index (Phi) is 6.37. The quantitative estimate of drug-likeness (QED) is 0.718. The van der Waals surface area contributed by atoms with Crippen LogP contribution in [0.2, 0.25) is 0 Å². The second-order valence-electron chi connectivity index (χ2n) is 6.58. The highest BCUT2D eigenvalue weighted by Gasteiger charge is 2.14. The van der Waals surface area contributed by atoms with Crippen molar-refractivity contribution in [2.24, 2.45) is 0 Å². The van der Waals surface area contributed by atoms with Gasteiger partial charge in [-0.2, -0.15) is 0 Å². The van der Waals surface area contributed by atoms with Gasteiger partial charge in [-0.15, -0.1) is 0 Å². The number of methoxy groups -OCH3 is 2. The highest BCUT2D eigenvalue weighted by molar-refractivity contribution is 6.08. The maximum atomic E-state index is 12.2. The zero-order valence-corrected chi connectivity index (χ0v) is 16.2. The number of ether oxygens (including phenoxy) is 2. The van der Waals surface area contributed by atoms with Crippen LogP contribution in [0.3, 0.4) is 0 Å². The van der Waals surface area contributed by atoms with E-state index in [2.05, 4.69) is 15.5 Å². The Balaban J connectivity index is 1.52. The summed E-state index contributed by atoms with van der Waals surface area (Å²) < 4.78 is 10.4. The van der Waals surface area contributed by atoms with Crippen molar-refractivity contribution >= 4 is 28.9 Å². The minimum atomic E-state index is -0.404. The minimum Gasteiger partial charge on any atom is -0.493 e. The van der Waals surface area contributed by atoms with Crippen molar-refractivity contribution in [1.29, 1.82) is 0 Å². The van der Waals surface area contributed by atoms with Gasteiger partial charge >= 0.3 is 0 Å². The van der Waals surface area contributed by atoms with Crippen LogP contribution in [0.15, 0.2) is 42.5 Å². The van der Waals surface area contributed by atoms with Crippen LogP contribution in [0.25, 0.3) is 0 Å². The predicted molar refractivity (Wildman–Crippen MR) is 109 cm³/mol. The summed E-state index contributed by atoms with van der Waals surface area (Å²) in [6, 6.07) is 12.7. The van der Waals surface area contributed by atoms with Crippen LogP contribution in [0.1, 0.15) is 19.3 Å². The van der Waals surface area contributed by atoms with Gasteiger partial charge in [0, 0.05) is 36.2 Å². The number of benzene rings is 2. The van der Waals surface area contributed by atoms with Crippen LogP contribution in [-0.4, -0.2) is 39.1 Å². The first-order chi connectivity index (χ1) is 13.6. The van der Waals surface area contributed by atoms with E-state index in [0.717, 1.165) is 18.8 Å². The van der Waals surface area contributed by atoms with Crippen molar-refractivity contribution in [3.05, 3.63) is 42.5 Å². The molecule has 148 valence electrons. The zero-order chi connectivity index (χ0) is 19.9. The van der Waals surface area contributed by atoms with Crippen LogP contribution in [0, 0.1) is 0 Å². The second kappa shape index (κ2) is 9.12. The van der Waals surface area contributed by atoms with E-state index in [1.807, 2.05) is 24.3 Å². The summed E-state index contributed by atoms with van der Waals surface area (Å²) in [4.78, 5) is 26.6. The highest BCUT2D eigenvalue weighted by Crippen LogP contribution is 2.29. The number of carbonyl (C=O) groups excluding carboxylic acids is 2. The average molecular weight is 383 g/mol. The van der Waals surface area contributed by atoms with E-state index >= 15 is 0 Å². The topological polar surface area (TPSA) is 79.9 Å². The van der Waals surface area contributed by atoms with Gasteiger partial charge in [0.2, 0.25) is 11.8 Å². The first-order valence-corrected chi connectivity index (χ1v) is 9.26. The first-order valence-electron chi connectivity index (χ1n) is 9.26. The molecule has 2 amide bonds. The molecule has 7 heteroatoms. The van der Waals surface area contributed by atoms with Gasteiger partial charge in [-0.25, -0.2) is 0 Å². The molecule has 2 aromatic rings. The third-order valence-electron chi connectivity index (χ3n) is 4.61. The maximum absolute atomic E-state index is 12.2. The number of anilines is 3. The Morgan fingerprint density at radius 1 is 0.857 bits per heavy atom. The molecule has 2 aromatic carbocycles. The number of nitrogens with one attached hydrogen (secondary N) is 2. The fourth-order valence-electron chi connectivity index (χ4n) is 3.20. The van der Waals surface area contributed by atoms with E-state index in [-0.39, 0.29) is 12.3 Å². The Labute approximate surface area is 164 Å². The average Bonchev–Trinajstić information content (AvgIpc) is 3.23. The van der Waals surface area contributed by atoms with Gasteiger partial charge in [0.15, 0.2) is 11.5 Å². The lowest BCUT2D eigenvalue weighted by molar-refractivity contribution is -0.123. The molecule has 1 saturated heterocycles.